The van der Waals surface area contributed by atoms with Crippen LogP contribution in [0, 0.1) is 5.82 Å². The smallest absolute Gasteiger partial charge is 0.264 e. The van der Waals surface area contributed by atoms with Crippen molar-refractivity contribution in [2.24, 2.45) is 5.73 Å². The summed E-state index contributed by atoms with van der Waals surface area (Å²) in [5.41, 5.74) is 9.48. The first kappa shape index (κ1) is 18.4. The van der Waals surface area contributed by atoms with Crippen molar-refractivity contribution in [3.05, 3.63) is 82.0 Å². The highest BCUT2D eigenvalue weighted by atomic mass is 32.1. The van der Waals surface area contributed by atoms with Crippen LogP contribution in [0.4, 0.5) is 4.39 Å². The molecule has 1 unspecified atom stereocenters. The molecule has 0 saturated carbocycles. The van der Waals surface area contributed by atoms with Gasteiger partial charge in [-0.1, -0.05) is 36.4 Å². The van der Waals surface area contributed by atoms with Gasteiger partial charge in [-0.3, -0.25) is 9.59 Å². The Kier molecular flexibility index (Phi) is 4.73. The van der Waals surface area contributed by atoms with E-state index in [1.165, 1.54) is 47.0 Å². The van der Waals surface area contributed by atoms with E-state index in [4.69, 9.17) is 5.73 Å². The van der Waals surface area contributed by atoms with Crippen LogP contribution >= 0.6 is 11.3 Å². The van der Waals surface area contributed by atoms with Crippen molar-refractivity contribution < 1.29 is 14.0 Å². The summed E-state index contributed by atoms with van der Waals surface area (Å²) in [6.07, 6.45) is 1.82. The van der Waals surface area contributed by atoms with Crippen LogP contribution in [-0.2, 0) is 17.6 Å². The number of primary amides is 1. The van der Waals surface area contributed by atoms with Gasteiger partial charge in [-0.15, -0.1) is 11.3 Å². The molecule has 0 bridgehead atoms. The fourth-order valence-electron chi connectivity index (χ4n) is 3.72. The van der Waals surface area contributed by atoms with E-state index in [9.17, 15) is 14.0 Å². The number of fused-ring (bicyclic) bond motifs is 3. The van der Waals surface area contributed by atoms with E-state index in [1.807, 2.05) is 18.2 Å². The highest BCUT2D eigenvalue weighted by molar-refractivity contribution is 7.17. The molecule has 0 aliphatic heterocycles. The second-order valence-electron chi connectivity index (χ2n) is 6.90. The van der Waals surface area contributed by atoms with Crippen molar-refractivity contribution in [2.45, 2.75) is 18.9 Å². The molecule has 4 rings (SSSR count). The van der Waals surface area contributed by atoms with Crippen LogP contribution in [-0.4, -0.2) is 23.8 Å². The predicted octanol–water partition coefficient (Wildman–Crippen LogP) is 3.95. The van der Waals surface area contributed by atoms with Crippen molar-refractivity contribution >= 4 is 23.2 Å². The van der Waals surface area contributed by atoms with Crippen molar-refractivity contribution in [2.75, 3.05) is 7.05 Å². The molecule has 0 fully saturated rings. The minimum absolute atomic E-state index is 0.301. The number of amides is 2. The first-order valence-electron chi connectivity index (χ1n) is 8.98. The quantitative estimate of drug-likeness (QED) is 0.728. The molecule has 6 heteroatoms. The minimum atomic E-state index is -1.03. The summed E-state index contributed by atoms with van der Waals surface area (Å²) in [5, 5.41) is 0. The van der Waals surface area contributed by atoms with Gasteiger partial charge in [0.1, 0.15) is 11.9 Å². The van der Waals surface area contributed by atoms with E-state index in [-0.39, 0.29) is 5.91 Å². The van der Waals surface area contributed by atoms with E-state index in [0.29, 0.717) is 10.4 Å². The maximum absolute atomic E-state index is 13.6. The Balaban J connectivity index is 1.68. The summed E-state index contributed by atoms with van der Waals surface area (Å²) in [7, 11) is 1.52. The van der Waals surface area contributed by atoms with E-state index < -0.39 is 17.8 Å². The number of likely N-dealkylation sites (N-methyl/N-ethyl adjacent to an activating group) is 1. The summed E-state index contributed by atoms with van der Waals surface area (Å²) in [4.78, 5) is 28.1. The van der Waals surface area contributed by atoms with Gasteiger partial charge in [0.2, 0.25) is 5.91 Å². The molecule has 1 heterocycles. The Bertz CT molecular complexity index is 1080. The second kappa shape index (κ2) is 7.20. The number of hydrogen-bond donors (Lipinski definition) is 1. The Morgan fingerprint density at radius 2 is 1.82 bits per heavy atom. The number of rotatable bonds is 4. The van der Waals surface area contributed by atoms with Crippen LogP contribution in [0.2, 0.25) is 0 Å². The fourth-order valence-corrected chi connectivity index (χ4v) is 4.98. The summed E-state index contributed by atoms with van der Waals surface area (Å²) in [6.45, 7) is 0. The molecule has 0 radical (unpaired) electrons. The first-order valence-corrected chi connectivity index (χ1v) is 9.80. The first-order chi connectivity index (χ1) is 13.5. The molecule has 1 atom stereocenters. The van der Waals surface area contributed by atoms with Gasteiger partial charge in [0.15, 0.2) is 0 Å². The summed E-state index contributed by atoms with van der Waals surface area (Å²) < 4.78 is 13.6. The SMILES string of the molecule is CN(C(=O)c1cc2c(s1)-c1ccccc1CC2)C(C(N)=O)c1cccc(F)c1. The van der Waals surface area contributed by atoms with Gasteiger partial charge in [-0.2, -0.15) is 0 Å². The summed E-state index contributed by atoms with van der Waals surface area (Å²) >= 11 is 1.42. The molecule has 1 aliphatic rings. The number of nitrogens with zero attached hydrogens (tertiary/aromatic N) is 1. The molecular weight excluding hydrogens is 375 g/mol. The van der Waals surface area contributed by atoms with Crippen molar-refractivity contribution in [3.8, 4) is 10.4 Å². The zero-order valence-electron chi connectivity index (χ0n) is 15.3. The molecular formula is C22H19FN2O2S. The molecule has 2 aromatic carbocycles. The van der Waals surface area contributed by atoms with Crippen LogP contribution in [0.15, 0.2) is 54.6 Å². The zero-order valence-corrected chi connectivity index (χ0v) is 16.1. The van der Waals surface area contributed by atoms with E-state index >= 15 is 0 Å². The third kappa shape index (κ3) is 3.20. The number of carbonyl (C=O) groups is 2. The Morgan fingerprint density at radius 1 is 1.07 bits per heavy atom. The van der Waals surface area contributed by atoms with Gasteiger partial charge in [0.05, 0.1) is 4.88 Å². The molecule has 0 spiro atoms. The van der Waals surface area contributed by atoms with Crippen LogP contribution < -0.4 is 5.73 Å². The fraction of sp³-hybridized carbons (Fsp3) is 0.182. The van der Waals surface area contributed by atoms with E-state index in [1.54, 1.807) is 6.07 Å². The van der Waals surface area contributed by atoms with Gasteiger partial charge >= 0.3 is 0 Å². The monoisotopic (exact) mass is 394 g/mol. The lowest BCUT2D eigenvalue weighted by molar-refractivity contribution is -0.122. The zero-order chi connectivity index (χ0) is 19.8. The number of thiophene rings is 1. The van der Waals surface area contributed by atoms with Gasteiger partial charge in [0, 0.05) is 11.9 Å². The molecule has 2 amide bonds. The normalized spacial score (nSPS) is 13.4. The summed E-state index contributed by atoms with van der Waals surface area (Å²) in [6, 6.07) is 14.7. The predicted molar refractivity (Wildman–Crippen MR) is 108 cm³/mol. The Labute approximate surface area is 166 Å². The van der Waals surface area contributed by atoms with Crippen LogP contribution in [0.3, 0.4) is 0 Å². The number of nitrogens with two attached hydrogens (primary N) is 1. The van der Waals surface area contributed by atoms with Gasteiger partial charge in [-0.25, -0.2) is 4.39 Å². The van der Waals surface area contributed by atoms with E-state index in [2.05, 4.69) is 12.1 Å². The minimum Gasteiger partial charge on any atom is -0.368 e. The van der Waals surface area contributed by atoms with Crippen LogP contribution in [0.25, 0.3) is 10.4 Å². The largest absolute Gasteiger partial charge is 0.368 e. The Morgan fingerprint density at radius 3 is 2.57 bits per heavy atom. The average molecular weight is 394 g/mol. The van der Waals surface area contributed by atoms with Crippen LogP contribution in [0.1, 0.15) is 32.4 Å². The maximum Gasteiger partial charge on any atom is 0.264 e. The number of benzene rings is 2. The number of carbonyl (C=O) groups excluding carboxylic acids is 2. The lowest BCUT2D eigenvalue weighted by atomic mass is 9.91. The van der Waals surface area contributed by atoms with Gasteiger partial charge in [0.25, 0.3) is 5.91 Å². The molecule has 142 valence electrons. The summed E-state index contributed by atoms with van der Waals surface area (Å²) in [5.74, 6) is -1.48. The highest BCUT2D eigenvalue weighted by Crippen LogP contribution is 2.40. The van der Waals surface area contributed by atoms with Gasteiger partial charge in [-0.05, 0) is 53.3 Å². The topological polar surface area (TPSA) is 63.4 Å². The Hall–Kier alpha value is -2.99. The highest BCUT2D eigenvalue weighted by Gasteiger charge is 2.30. The van der Waals surface area contributed by atoms with Crippen LogP contribution in [0.5, 0.6) is 0 Å². The average Bonchev–Trinajstić information content (AvgIpc) is 3.12. The maximum atomic E-state index is 13.6. The van der Waals surface area contributed by atoms with E-state index in [0.717, 1.165) is 28.8 Å². The lowest BCUT2D eigenvalue weighted by Crippen LogP contribution is -2.38. The number of hydrogen-bond acceptors (Lipinski definition) is 3. The van der Waals surface area contributed by atoms with Gasteiger partial charge < -0.3 is 10.6 Å². The molecule has 28 heavy (non-hydrogen) atoms. The van der Waals surface area contributed by atoms with Crippen molar-refractivity contribution in [1.29, 1.82) is 0 Å². The molecule has 2 N–H and O–H groups in total. The third-order valence-electron chi connectivity index (χ3n) is 5.09. The molecule has 4 nitrogen and oxygen atoms in total. The molecule has 1 aliphatic carbocycles. The lowest BCUT2D eigenvalue weighted by Gasteiger charge is -2.25. The molecule has 3 aromatic rings. The third-order valence-corrected chi connectivity index (χ3v) is 6.29. The molecule has 0 saturated heterocycles. The van der Waals surface area contributed by atoms with Crippen molar-refractivity contribution in [1.82, 2.24) is 4.90 Å². The number of aryl methyl sites for hydroxylation is 2. The standard InChI is InChI=1S/C22H19FN2O2S/c1-25(19(21(24)26)14-6-4-7-16(23)11-14)22(27)18-12-15-10-9-13-5-2-3-8-17(13)20(15)28-18/h2-8,11-12,19H,9-10H2,1H3,(H2,24,26). The van der Waals surface area contributed by atoms with Crippen molar-refractivity contribution in [3.63, 3.8) is 0 Å². The second-order valence-corrected chi connectivity index (χ2v) is 7.95. The molecule has 1 aromatic heterocycles. The number of halogens is 1.